The summed E-state index contributed by atoms with van der Waals surface area (Å²) in [6.45, 7) is 7.72. The number of nitrogens with zero attached hydrogens (tertiary/aromatic N) is 1. The lowest BCUT2D eigenvalue weighted by Crippen LogP contribution is -2.34. The molecule has 0 heterocycles. The highest BCUT2D eigenvalue weighted by molar-refractivity contribution is 5.97. The molecule has 2 rings (SSSR count). The number of methoxy groups -OCH3 is 1. The number of amides is 1. The predicted octanol–water partition coefficient (Wildman–Crippen LogP) is 3.36. The van der Waals surface area contributed by atoms with Gasteiger partial charge in [-0.05, 0) is 42.8 Å². The number of rotatable bonds is 9. The molecule has 0 aliphatic rings. The SMILES string of the molecule is CCN(CC)CCNC(=O)c1ccc(Cc2ccccc2)cc1OC. The Balaban J connectivity index is 2.01. The first-order valence-corrected chi connectivity index (χ1v) is 8.89. The molecular weight excluding hydrogens is 312 g/mol. The average Bonchev–Trinajstić information content (AvgIpc) is 2.65. The summed E-state index contributed by atoms with van der Waals surface area (Å²) in [5.74, 6) is 0.532. The van der Waals surface area contributed by atoms with Crippen LogP contribution in [0, 0.1) is 0 Å². The molecule has 4 heteroatoms. The van der Waals surface area contributed by atoms with E-state index in [1.54, 1.807) is 7.11 Å². The summed E-state index contributed by atoms with van der Waals surface area (Å²) in [7, 11) is 1.61. The van der Waals surface area contributed by atoms with Crippen molar-refractivity contribution in [2.45, 2.75) is 20.3 Å². The summed E-state index contributed by atoms with van der Waals surface area (Å²) in [4.78, 5) is 14.7. The number of carbonyl (C=O) groups is 1. The first kappa shape index (κ1) is 19.0. The van der Waals surface area contributed by atoms with Crippen molar-refractivity contribution in [1.82, 2.24) is 10.2 Å². The molecule has 0 aromatic heterocycles. The molecular formula is C21H28N2O2. The van der Waals surface area contributed by atoms with E-state index in [1.807, 2.05) is 36.4 Å². The van der Waals surface area contributed by atoms with Gasteiger partial charge in [-0.3, -0.25) is 4.79 Å². The van der Waals surface area contributed by atoms with Gasteiger partial charge < -0.3 is 15.0 Å². The van der Waals surface area contributed by atoms with E-state index in [9.17, 15) is 4.79 Å². The summed E-state index contributed by atoms with van der Waals surface area (Å²) >= 11 is 0. The zero-order valence-corrected chi connectivity index (χ0v) is 15.4. The Morgan fingerprint density at radius 2 is 1.76 bits per heavy atom. The Morgan fingerprint density at radius 1 is 1.04 bits per heavy atom. The van der Waals surface area contributed by atoms with Gasteiger partial charge >= 0.3 is 0 Å². The topological polar surface area (TPSA) is 41.6 Å². The van der Waals surface area contributed by atoms with Gasteiger partial charge in [0.15, 0.2) is 0 Å². The quantitative estimate of drug-likeness (QED) is 0.761. The third-order valence-electron chi connectivity index (χ3n) is 4.37. The molecule has 1 amide bonds. The second kappa shape index (κ2) is 9.84. The van der Waals surface area contributed by atoms with Crippen LogP contribution in [-0.4, -0.2) is 44.1 Å². The zero-order chi connectivity index (χ0) is 18.1. The van der Waals surface area contributed by atoms with Crippen molar-refractivity contribution in [3.8, 4) is 5.75 Å². The van der Waals surface area contributed by atoms with Crippen LogP contribution in [0.1, 0.15) is 35.3 Å². The van der Waals surface area contributed by atoms with Crippen LogP contribution < -0.4 is 10.1 Å². The Labute approximate surface area is 150 Å². The minimum Gasteiger partial charge on any atom is -0.496 e. The third kappa shape index (κ3) is 5.61. The maximum Gasteiger partial charge on any atom is 0.255 e. The van der Waals surface area contributed by atoms with Gasteiger partial charge in [-0.1, -0.05) is 50.2 Å². The molecule has 0 saturated carbocycles. The molecule has 0 fully saturated rings. The molecule has 134 valence electrons. The van der Waals surface area contributed by atoms with Crippen molar-refractivity contribution < 1.29 is 9.53 Å². The highest BCUT2D eigenvalue weighted by Crippen LogP contribution is 2.22. The Bertz CT molecular complexity index is 667. The summed E-state index contributed by atoms with van der Waals surface area (Å²) in [6.07, 6.45) is 0.820. The zero-order valence-electron chi connectivity index (χ0n) is 15.4. The van der Waals surface area contributed by atoms with Gasteiger partial charge in [-0.15, -0.1) is 0 Å². The van der Waals surface area contributed by atoms with Crippen LogP contribution in [0.2, 0.25) is 0 Å². The van der Waals surface area contributed by atoms with Gasteiger partial charge in [0.1, 0.15) is 5.75 Å². The second-order valence-corrected chi connectivity index (χ2v) is 5.98. The smallest absolute Gasteiger partial charge is 0.255 e. The minimum absolute atomic E-state index is 0.0877. The van der Waals surface area contributed by atoms with Crippen molar-refractivity contribution in [3.63, 3.8) is 0 Å². The van der Waals surface area contributed by atoms with Crippen molar-refractivity contribution in [2.75, 3.05) is 33.3 Å². The molecule has 0 radical (unpaired) electrons. The molecule has 0 atom stereocenters. The molecule has 0 unspecified atom stereocenters. The molecule has 0 aliphatic heterocycles. The van der Waals surface area contributed by atoms with E-state index in [0.717, 1.165) is 31.6 Å². The van der Waals surface area contributed by atoms with Crippen LogP contribution >= 0.6 is 0 Å². The molecule has 25 heavy (non-hydrogen) atoms. The maximum absolute atomic E-state index is 12.4. The number of nitrogens with one attached hydrogen (secondary N) is 1. The standard InChI is InChI=1S/C21H28N2O2/c1-4-23(5-2)14-13-22-21(24)19-12-11-18(16-20(19)25-3)15-17-9-7-6-8-10-17/h6-12,16H,4-5,13-15H2,1-3H3,(H,22,24). The molecule has 2 aromatic rings. The lowest BCUT2D eigenvalue weighted by Gasteiger charge is -2.18. The average molecular weight is 340 g/mol. The Hall–Kier alpha value is -2.33. The fraction of sp³-hybridized carbons (Fsp3) is 0.381. The number of ether oxygens (including phenoxy) is 1. The lowest BCUT2D eigenvalue weighted by molar-refractivity contribution is 0.0946. The monoisotopic (exact) mass is 340 g/mol. The van der Waals surface area contributed by atoms with Gasteiger partial charge in [0.05, 0.1) is 12.7 Å². The number of hydrogen-bond acceptors (Lipinski definition) is 3. The fourth-order valence-corrected chi connectivity index (χ4v) is 2.83. The Morgan fingerprint density at radius 3 is 2.40 bits per heavy atom. The summed E-state index contributed by atoms with van der Waals surface area (Å²) in [6, 6.07) is 16.1. The maximum atomic E-state index is 12.4. The van der Waals surface area contributed by atoms with Crippen LogP contribution in [0.5, 0.6) is 5.75 Å². The van der Waals surface area contributed by atoms with Gasteiger partial charge in [0, 0.05) is 13.1 Å². The van der Waals surface area contributed by atoms with Gasteiger partial charge in [-0.2, -0.15) is 0 Å². The molecule has 4 nitrogen and oxygen atoms in total. The van der Waals surface area contributed by atoms with Gasteiger partial charge in [0.25, 0.3) is 5.91 Å². The van der Waals surface area contributed by atoms with Crippen LogP contribution in [0.4, 0.5) is 0 Å². The van der Waals surface area contributed by atoms with E-state index in [-0.39, 0.29) is 5.91 Å². The number of carbonyl (C=O) groups excluding carboxylic acids is 1. The van der Waals surface area contributed by atoms with E-state index in [1.165, 1.54) is 5.56 Å². The van der Waals surface area contributed by atoms with Crippen molar-refractivity contribution >= 4 is 5.91 Å². The van der Waals surface area contributed by atoms with E-state index >= 15 is 0 Å². The third-order valence-corrected chi connectivity index (χ3v) is 4.37. The number of likely N-dealkylation sites (N-methyl/N-ethyl adjacent to an activating group) is 1. The van der Waals surface area contributed by atoms with E-state index in [2.05, 4.69) is 36.2 Å². The van der Waals surface area contributed by atoms with Crippen LogP contribution in [0.15, 0.2) is 48.5 Å². The van der Waals surface area contributed by atoms with Crippen molar-refractivity contribution in [3.05, 3.63) is 65.2 Å². The molecule has 0 bridgehead atoms. The summed E-state index contributed by atoms with van der Waals surface area (Å²) < 4.78 is 5.44. The van der Waals surface area contributed by atoms with E-state index in [0.29, 0.717) is 17.9 Å². The first-order valence-electron chi connectivity index (χ1n) is 8.89. The lowest BCUT2D eigenvalue weighted by atomic mass is 10.0. The Kier molecular flexibility index (Phi) is 7.48. The number of benzene rings is 2. The van der Waals surface area contributed by atoms with Crippen LogP contribution in [0.3, 0.4) is 0 Å². The van der Waals surface area contributed by atoms with Gasteiger partial charge in [0.2, 0.25) is 0 Å². The summed E-state index contributed by atoms with van der Waals surface area (Å²) in [5, 5.41) is 2.98. The number of hydrogen-bond donors (Lipinski definition) is 1. The second-order valence-electron chi connectivity index (χ2n) is 5.98. The normalized spacial score (nSPS) is 10.7. The van der Waals surface area contributed by atoms with E-state index < -0.39 is 0 Å². The largest absolute Gasteiger partial charge is 0.496 e. The minimum atomic E-state index is -0.0877. The van der Waals surface area contributed by atoms with Crippen molar-refractivity contribution in [2.24, 2.45) is 0 Å². The fourth-order valence-electron chi connectivity index (χ4n) is 2.83. The summed E-state index contributed by atoms with van der Waals surface area (Å²) in [5.41, 5.74) is 2.95. The van der Waals surface area contributed by atoms with Crippen LogP contribution in [-0.2, 0) is 6.42 Å². The highest BCUT2D eigenvalue weighted by atomic mass is 16.5. The molecule has 1 N–H and O–H groups in total. The predicted molar refractivity (Wildman–Crippen MR) is 102 cm³/mol. The van der Waals surface area contributed by atoms with E-state index in [4.69, 9.17) is 4.74 Å². The van der Waals surface area contributed by atoms with Crippen LogP contribution in [0.25, 0.3) is 0 Å². The first-order chi connectivity index (χ1) is 12.2. The highest BCUT2D eigenvalue weighted by Gasteiger charge is 2.13. The molecule has 0 spiro atoms. The van der Waals surface area contributed by atoms with Crippen molar-refractivity contribution in [1.29, 1.82) is 0 Å². The van der Waals surface area contributed by atoms with Gasteiger partial charge in [-0.25, -0.2) is 0 Å². The molecule has 0 saturated heterocycles. The molecule has 0 aliphatic carbocycles. The molecule has 2 aromatic carbocycles.